The lowest BCUT2D eigenvalue weighted by atomic mass is 9.49. The quantitative estimate of drug-likeness (QED) is 0.769. The Morgan fingerprint density at radius 3 is 2.15 bits per heavy atom. The second-order valence-corrected chi connectivity index (χ2v) is 8.48. The lowest BCUT2D eigenvalue weighted by Gasteiger charge is -2.55. The maximum Gasteiger partial charge on any atom is 0.251 e. The van der Waals surface area contributed by atoms with Crippen LogP contribution in [-0.2, 0) is 9.53 Å². The van der Waals surface area contributed by atoms with Crippen LogP contribution in [0.25, 0.3) is 0 Å². The van der Waals surface area contributed by atoms with Crippen LogP contribution in [0.1, 0.15) is 48.9 Å². The normalized spacial score (nSPS) is 31.7. The van der Waals surface area contributed by atoms with Crippen LogP contribution in [0, 0.1) is 23.2 Å². The van der Waals surface area contributed by atoms with Crippen molar-refractivity contribution in [3.8, 4) is 0 Å². The largest absolute Gasteiger partial charge is 0.383 e. The molecule has 4 bridgehead atoms. The van der Waals surface area contributed by atoms with E-state index < -0.39 is 0 Å². The Hall–Kier alpha value is -1.88. The molecule has 0 aliphatic heterocycles. The van der Waals surface area contributed by atoms with Gasteiger partial charge in [0.1, 0.15) is 0 Å². The van der Waals surface area contributed by atoms with E-state index in [2.05, 4.69) is 10.6 Å². The molecule has 2 amide bonds. The highest BCUT2D eigenvalue weighted by atomic mass is 16.5. The first kappa shape index (κ1) is 17.5. The summed E-state index contributed by atoms with van der Waals surface area (Å²) in [5.41, 5.74) is 1.22. The molecule has 26 heavy (non-hydrogen) atoms. The molecule has 4 saturated carbocycles. The van der Waals surface area contributed by atoms with E-state index in [1.807, 2.05) is 12.1 Å². The van der Waals surface area contributed by atoms with Gasteiger partial charge in [0.15, 0.2) is 0 Å². The van der Waals surface area contributed by atoms with Crippen molar-refractivity contribution in [2.45, 2.75) is 38.5 Å². The summed E-state index contributed by atoms with van der Waals surface area (Å²) in [6.45, 7) is 0.977. The van der Waals surface area contributed by atoms with Crippen molar-refractivity contribution in [1.29, 1.82) is 0 Å². The SMILES string of the molecule is COCCNC(=O)c1ccc(NC(=O)C23CC4CC(CC(C4)C2)C3)cc1. The van der Waals surface area contributed by atoms with E-state index in [4.69, 9.17) is 4.74 Å². The third-order valence-corrected chi connectivity index (χ3v) is 6.52. The maximum absolute atomic E-state index is 13.1. The molecular formula is C21H28N2O3. The first-order valence-electron chi connectivity index (χ1n) is 9.76. The summed E-state index contributed by atoms with van der Waals surface area (Å²) in [6, 6.07) is 7.17. The van der Waals surface area contributed by atoms with Crippen LogP contribution in [-0.4, -0.2) is 32.1 Å². The van der Waals surface area contributed by atoms with Gasteiger partial charge in [0.25, 0.3) is 5.91 Å². The Labute approximate surface area is 154 Å². The lowest BCUT2D eigenvalue weighted by Crippen LogP contribution is -2.51. The van der Waals surface area contributed by atoms with Gasteiger partial charge in [-0.25, -0.2) is 0 Å². The van der Waals surface area contributed by atoms with E-state index in [-0.39, 0.29) is 17.2 Å². The van der Waals surface area contributed by atoms with Crippen molar-refractivity contribution >= 4 is 17.5 Å². The highest BCUT2D eigenvalue weighted by Gasteiger charge is 2.54. The third kappa shape index (κ3) is 3.37. The summed E-state index contributed by atoms with van der Waals surface area (Å²) in [5.74, 6) is 2.33. The molecular weight excluding hydrogens is 328 g/mol. The highest BCUT2D eigenvalue weighted by Crippen LogP contribution is 2.60. The number of anilines is 1. The van der Waals surface area contributed by atoms with Crippen LogP contribution in [0.4, 0.5) is 5.69 Å². The number of methoxy groups -OCH3 is 1. The van der Waals surface area contributed by atoms with Crippen molar-refractivity contribution in [3.63, 3.8) is 0 Å². The fraction of sp³-hybridized carbons (Fsp3) is 0.619. The second-order valence-electron chi connectivity index (χ2n) is 8.48. The smallest absolute Gasteiger partial charge is 0.251 e. The molecule has 140 valence electrons. The van der Waals surface area contributed by atoms with Crippen molar-refractivity contribution in [3.05, 3.63) is 29.8 Å². The second kappa shape index (κ2) is 7.03. The van der Waals surface area contributed by atoms with E-state index in [0.717, 1.165) is 42.7 Å². The number of carbonyl (C=O) groups excluding carboxylic acids is 2. The number of rotatable bonds is 6. The van der Waals surface area contributed by atoms with Gasteiger partial charge < -0.3 is 15.4 Å². The molecule has 4 aliphatic carbocycles. The molecule has 5 heteroatoms. The molecule has 0 saturated heterocycles. The minimum atomic E-state index is -0.148. The summed E-state index contributed by atoms with van der Waals surface area (Å²) in [4.78, 5) is 25.1. The van der Waals surface area contributed by atoms with Crippen molar-refractivity contribution in [2.24, 2.45) is 23.2 Å². The standard InChI is InChI=1S/C21H28N2O3/c1-26-7-6-22-19(24)17-2-4-18(5-3-17)23-20(25)21-11-14-8-15(12-21)10-16(9-14)13-21/h2-5,14-16H,6-13H2,1H3,(H,22,24)(H,23,25). The van der Waals surface area contributed by atoms with Crippen LogP contribution < -0.4 is 10.6 Å². The zero-order valence-corrected chi connectivity index (χ0v) is 15.4. The highest BCUT2D eigenvalue weighted by molar-refractivity contribution is 5.97. The molecule has 5 rings (SSSR count). The number of amides is 2. The van der Waals surface area contributed by atoms with Crippen LogP contribution in [0.15, 0.2) is 24.3 Å². The summed E-state index contributed by atoms with van der Waals surface area (Å²) < 4.78 is 4.93. The topological polar surface area (TPSA) is 67.4 Å². The third-order valence-electron chi connectivity index (χ3n) is 6.52. The van der Waals surface area contributed by atoms with Gasteiger partial charge >= 0.3 is 0 Å². The van der Waals surface area contributed by atoms with Crippen molar-refractivity contribution in [1.82, 2.24) is 5.32 Å². The van der Waals surface area contributed by atoms with E-state index in [1.54, 1.807) is 19.2 Å². The van der Waals surface area contributed by atoms with Gasteiger partial charge in [-0.05, 0) is 80.5 Å². The van der Waals surface area contributed by atoms with E-state index >= 15 is 0 Å². The molecule has 0 unspecified atom stereocenters. The molecule has 2 N–H and O–H groups in total. The van der Waals surface area contributed by atoms with Gasteiger partial charge in [0, 0.05) is 24.9 Å². The molecule has 5 nitrogen and oxygen atoms in total. The molecule has 0 heterocycles. The van der Waals surface area contributed by atoms with Crippen LogP contribution in [0.2, 0.25) is 0 Å². The first-order chi connectivity index (χ1) is 12.6. The van der Waals surface area contributed by atoms with Gasteiger partial charge in [-0.1, -0.05) is 0 Å². The van der Waals surface area contributed by atoms with Gasteiger partial charge in [-0.3, -0.25) is 9.59 Å². The molecule has 0 atom stereocenters. The first-order valence-corrected chi connectivity index (χ1v) is 9.76. The van der Waals surface area contributed by atoms with Crippen LogP contribution in [0.3, 0.4) is 0 Å². The number of nitrogens with one attached hydrogen (secondary N) is 2. The molecule has 4 aliphatic rings. The van der Waals surface area contributed by atoms with Crippen LogP contribution in [0.5, 0.6) is 0 Å². The average molecular weight is 356 g/mol. The fourth-order valence-electron chi connectivity index (χ4n) is 5.73. The van der Waals surface area contributed by atoms with Gasteiger partial charge in [0.2, 0.25) is 5.91 Å². The number of hydrogen-bond donors (Lipinski definition) is 2. The number of ether oxygens (including phenoxy) is 1. The molecule has 1 aromatic rings. The number of carbonyl (C=O) groups is 2. The van der Waals surface area contributed by atoms with Gasteiger partial charge in [-0.2, -0.15) is 0 Å². The van der Waals surface area contributed by atoms with Crippen molar-refractivity contribution < 1.29 is 14.3 Å². The Balaban J connectivity index is 1.38. The Kier molecular flexibility index (Phi) is 4.74. The van der Waals surface area contributed by atoms with Gasteiger partial charge in [0.05, 0.1) is 12.0 Å². The minimum absolute atomic E-state index is 0.124. The number of hydrogen-bond acceptors (Lipinski definition) is 3. The molecule has 1 aromatic carbocycles. The summed E-state index contributed by atoms with van der Waals surface area (Å²) in [6.07, 6.45) is 7.18. The lowest BCUT2D eigenvalue weighted by molar-refractivity contribution is -0.140. The Bertz CT molecular complexity index is 648. The van der Waals surface area contributed by atoms with E-state index in [9.17, 15) is 9.59 Å². The zero-order valence-electron chi connectivity index (χ0n) is 15.4. The zero-order chi connectivity index (χ0) is 18.1. The number of benzene rings is 1. The van der Waals surface area contributed by atoms with Crippen LogP contribution >= 0.6 is 0 Å². The predicted molar refractivity (Wildman–Crippen MR) is 99.9 cm³/mol. The molecule has 0 radical (unpaired) electrons. The molecule has 0 aromatic heterocycles. The average Bonchev–Trinajstić information content (AvgIpc) is 2.61. The minimum Gasteiger partial charge on any atom is -0.383 e. The van der Waals surface area contributed by atoms with Crippen molar-refractivity contribution in [2.75, 3.05) is 25.6 Å². The fourth-order valence-corrected chi connectivity index (χ4v) is 5.73. The molecule has 0 spiro atoms. The summed E-state index contributed by atoms with van der Waals surface area (Å²) in [7, 11) is 1.60. The monoisotopic (exact) mass is 356 g/mol. The Morgan fingerprint density at radius 1 is 1.04 bits per heavy atom. The Morgan fingerprint density at radius 2 is 1.62 bits per heavy atom. The van der Waals surface area contributed by atoms with E-state index in [0.29, 0.717) is 18.7 Å². The predicted octanol–water partition coefficient (Wildman–Crippen LogP) is 3.22. The summed E-state index contributed by atoms with van der Waals surface area (Å²) in [5, 5.41) is 5.92. The molecule has 4 fully saturated rings. The summed E-state index contributed by atoms with van der Waals surface area (Å²) >= 11 is 0. The van der Waals surface area contributed by atoms with E-state index in [1.165, 1.54) is 19.3 Å². The maximum atomic E-state index is 13.1. The van der Waals surface area contributed by atoms with Gasteiger partial charge in [-0.15, -0.1) is 0 Å².